The summed E-state index contributed by atoms with van der Waals surface area (Å²) in [5.74, 6) is 0. The van der Waals surface area contributed by atoms with Gasteiger partial charge < -0.3 is 0 Å². The summed E-state index contributed by atoms with van der Waals surface area (Å²) in [6.07, 6.45) is 0. The molecule has 2 rings (SSSR count). The van der Waals surface area contributed by atoms with Gasteiger partial charge in [0.1, 0.15) is 6.07 Å². The normalized spacial score (nSPS) is 10.9. The van der Waals surface area contributed by atoms with E-state index in [0.29, 0.717) is 0 Å². The number of hydrogen-bond donors (Lipinski definition) is 0. The summed E-state index contributed by atoms with van der Waals surface area (Å²) in [5, 5.41) is 9.09. The highest BCUT2D eigenvalue weighted by molar-refractivity contribution is 7.91. The first-order chi connectivity index (χ1) is 8.55. The predicted octanol–water partition coefficient (Wildman–Crippen LogP) is 3.04. The highest BCUT2D eigenvalue weighted by Crippen LogP contribution is 2.24. The highest BCUT2D eigenvalue weighted by Gasteiger charge is 2.18. The second-order valence-electron chi connectivity index (χ2n) is 3.57. The molecule has 0 fully saturated rings. The summed E-state index contributed by atoms with van der Waals surface area (Å²) in [5.41, 5.74) is 0.147. The van der Waals surface area contributed by atoms with Gasteiger partial charge >= 0.3 is 0 Å². The average Bonchev–Trinajstić information content (AvgIpc) is 2.40. The van der Waals surface area contributed by atoms with E-state index < -0.39 is 9.84 Å². The first-order valence-corrected chi connectivity index (χ1v) is 6.91. The lowest BCUT2D eigenvalue weighted by Crippen LogP contribution is -2.02. The summed E-state index contributed by atoms with van der Waals surface area (Å²) in [4.78, 5) is 0.255. The van der Waals surface area contributed by atoms with Gasteiger partial charge in [-0.2, -0.15) is 5.26 Å². The molecule has 0 unspecified atom stereocenters. The Morgan fingerprint density at radius 1 is 1.00 bits per heavy atom. The van der Waals surface area contributed by atoms with Gasteiger partial charge in [-0.25, -0.2) is 8.42 Å². The van der Waals surface area contributed by atoms with E-state index in [1.165, 1.54) is 30.3 Å². The lowest BCUT2D eigenvalue weighted by atomic mass is 10.2. The Hall–Kier alpha value is -1.83. The fourth-order valence-electron chi connectivity index (χ4n) is 1.49. The summed E-state index contributed by atoms with van der Waals surface area (Å²) < 4.78 is 24.5. The summed E-state index contributed by atoms with van der Waals surface area (Å²) in [6.45, 7) is 0. The predicted molar refractivity (Wildman–Crippen MR) is 68.1 cm³/mol. The summed E-state index contributed by atoms with van der Waals surface area (Å²) in [7, 11) is -3.60. The van der Waals surface area contributed by atoms with Crippen LogP contribution in [0, 0.1) is 11.3 Å². The van der Waals surface area contributed by atoms with E-state index in [0.717, 1.165) is 0 Å². The van der Waals surface area contributed by atoms with Crippen LogP contribution in [0.25, 0.3) is 0 Å². The molecular formula is C13H8ClNO2S. The molecule has 0 atom stereocenters. The molecule has 0 radical (unpaired) electrons. The lowest BCUT2D eigenvalue weighted by Gasteiger charge is -2.05. The molecule has 0 saturated carbocycles. The number of sulfone groups is 1. The van der Waals surface area contributed by atoms with Gasteiger partial charge in [-0.3, -0.25) is 0 Å². The van der Waals surface area contributed by atoms with E-state index in [4.69, 9.17) is 16.9 Å². The molecule has 3 nitrogen and oxygen atoms in total. The van der Waals surface area contributed by atoms with Crippen molar-refractivity contribution in [1.29, 1.82) is 5.26 Å². The van der Waals surface area contributed by atoms with Gasteiger partial charge in [0.15, 0.2) is 0 Å². The van der Waals surface area contributed by atoms with Gasteiger partial charge in [0.25, 0.3) is 0 Å². The summed E-state index contributed by atoms with van der Waals surface area (Å²) in [6, 6.07) is 14.0. The lowest BCUT2D eigenvalue weighted by molar-refractivity contribution is 0.596. The third kappa shape index (κ3) is 2.23. The Kier molecular flexibility index (Phi) is 3.37. The van der Waals surface area contributed by atoms with E-state index >= 15 is 0 Å². The Bertz CT molecular complexity index is 718. The second kappa shape index (κ2) is 4.81. The molecule has 0 N–H and O–H groups in total. The molecule has 90 valence electrons. The van der Waals surface area contributed by atoms with Crippen molar-refractivity contribution in [2.45, 2.75) is 9.79 Å². The third-order valence-corrected chi connectivity index (χ3v) is 4.52. The van der Waals surface area contributed by atoms with Gasteiger partial charge in [-0.1, -0.05) is 29.8 Å². The van der Waals surface area contributed by atoms with E-state index in [9.17, 15) is 8.42 Å². The van der Waals surface area contributed by atoms with Crippen molar-refractivity contribution in [3.8, 4) is 6.07 Å². The topological polar surface area (TPSA) is 57.9 Å². The Balaban J connectivity index is 2.60. The largest absolute Gasteiger partial charge is 0.219 e. The Morgan fingerprint density at radius 2 is 1.67 bits per heavy atom. The first kappa shape index (κ1) is 12.6. The number of halogens is 1. The zero-order valence-corrected chi connectivity index (χ0v) is 10.7. The molecule has 0 heterocycles. The van der Waals surface area contributed by atoms with Crippen LogP contribution < -0.4 is 0 Å². The second-order valence-corrected chi connectivity index (χ2v) is 5.93. The minimum Gasteiger partial charge on any atom is -0.219 e. The van der Waals surface area contributed by atoms with Gasteiger partial charge in [-0.05, 0) is 30.3 Å². The molecule has 0 saturated heterocycles. The van der Waals surface area contributed by atoms with Gasteiger partial charge in [0, 0.05) is 0 Å². The van der Waals surface area contributed by atoms with Crippen LogP contribution in [0.15, 0.2) is 58.3 Å². The third-order valence-electron chi connectivity index (χ3n) is 2.42. The van der Waals surface area contributed by atoms with Crippen molar-refractivity contribution in [1.82, 2.24) is 0 Å². The van der Waals surface area contributed by atoms with Crippen molar-refractivity contribution in [2.75, 3.05) is 0 Å². The molecule has 5 heteroatoms. The van der Waals surface area contributed by atoms with E-state index in [-0.39, 0.29) is 20.4 Å². The van der Waals surface area contributed by atoms with Gasteiger partial charge in [-0.15, -0.1) is 0 Å². The van der Waals surface area contributed by atoms with Crippen molar-refractivity contribution in [3.63, 3.8) is 0 Å². The standard InChI is InChI=1S/C13H8ClNO2S/c14-13-7-6-12(8-10(13)9-15)18(16,17)11-4-2-1-3-5-11/h1-8H. The molecule has 0 aliphatic rings. The number of benzene rings is 2. The fraction of sp³-hybridized carbons (Fsp3) is 0. The smallest absolute Gasteiger partial charge is 0.206 e. The van der Waals surface area contributed by atoms with Crippen LogP contribution in [0.3, 0.4) is 0 Å². The quantitative estimate of drug-likeness (QED) is 0.848. The maximum Gasteiger partial charge on any atom is 0.206 e. The zero-order chi connectivity index (χ0) is 13.2. The maximum atomic E-state index is 12.3. The van der Waals surface area contributed by atoms with E-state index in [2.05, 4.69) is 0 Å². The Labute approximate surface area is 110 Å². The van der Waals surface area contributed by atoms with E-state index in [1.54, 1.807) is 18.2 Å². The van der Waals surface area contributed by atoms with Crippen LogP contribution in [-0.4, -0.2) is 8.42 Å². The number of nitriles is 1. The fourth-order valence-corrected chi connectivity index (χ4v) is 2.96. The highest BCUT2D eigenvalue weighted by atomic mass is 35.5. The first-order valence-electron chi connectivity index (χ1n) is 5.05. The molecule has 0 aliphatic heterocycles. The van der Waals surface area contributed by atoms with Crippen molar-refractivity contribution in [2.24, 2.45) is 0 Å². The van der Waals surface area contributed by atoms with Crippen molar-refractivity contribution in [3.05, 3.63) is 59.1 Å². The van der Waals surface area contributed by atoms with Crippen LogP contribution in [-0.2, 0) is 9.84 Å². The molecule has 0 spiro atoms. The minimum atomic E-state index is -3.60. The minimum absolute atomic E-state index is 0.0645. The number of hydrogen-bond acceptors (Lipinski definition) is 3. The number of nitrogens with zero attached hydrogens (tertiary/aromatic N) is 1. The summed E-state index contributed by atoms with van der Waals surface area (Å²) >= 11 is 5.78. The van der Waals surface area contributed by atoms with Gasteiger partial charge in [0.05, 0.1) is 20.4 Å². The van der Waals surface area contributed by atoms with Crippen LogP contribution in [0.2, 0.25) is 5.02 Å². The van der Waals surface area contributed by atoms with Crippen molar-refractivity contribution >= 4 is 21.4 Å². The SMILES string of the molecule is N#Cc1cc(S(=O)(=O)c2ccccc2)ccc1Cl. The van der Waals surface area contributed by atoms with Crippen LogP contribution in [0.1, 0.15) is 5.56 Å². The molecule has 0 aromatic heterocycles. The zero-order valence-electron chi connectivity index (χ0n) is 9.17. The molecular weight excluding hydrogens is 270 g/mol. The van der Waals surface area contributed by atoms with E-state index in [1.807, 2.05) is 6.07 Å². The molecule has 0 bridgehead atoms. The molecule has 18 heavy (non-hydrogen) atoms. The average molecular weight is 278 g/mol. The number of rotatable bonds is 2. The molecule has 2 aromatic rings. The molecule has 0 amide bonds. The molecule has 2 aromatic carbocycles. The van der Waals surface area contributed by atoms with Crippen molar-refractivity contribution < 1.29 is 8.42 Å². The van der Waals surface area contributed by atoms with Crippen LogP contribution in [0.4, 0.5) is 0 Å². The Morgan fingerprint density at radius 3 is 2.28 bits per heavy atom. The monoisotopic (exact) mass is 277 g/mol. The van der Waals surface area contributed by atoms with Crippen LogP contribution >= 0.6 is 11.6 Å². The maximum absolute atomic E-state index is 12.3. The van der Waals surface area contributed by atoms with Gasteiger partial charge in [0.2, 0.25) is 9.84 Å². The van der Waals surface area contributed by atoms with Crippen LogP contribution in [0.5, 0.6) is 0 Å². The molecule has 0 aliphatic carbocycles.